The highest BCUT2D eigenvalue weighted by molar-refractivity contribution is 5.45. The van der Waals surface area contributed by atoms with Gasteiger partial charge in [-0.2, -0.15) is 0 Å². The first-order valence-corrected chi connectivity index (χ1v) is 7.23. The molecule has 1 atom stereocenters. The molecule has 1 aromatic heterocycles. The van der Waals surface area contributed by atoms with E-state index in [-0.39, 0.29) is 6.04 Å². The number of ether oxygens (including phenoxy) is 2. The van der Waals surface area contributed by atoms with E-state index in [1.54, 1.807) is 6.33 Å². The van der Waals surface area contributed by atoms with Crippen molar-refractivity contribution >= 4 is 0 Å². The molecular formula is C15H20N4O2. The molecule has 2 heterocycles. The number of nitrogens with zero attached hydrogens (tertiary/aromatic N) is 3. The van der Waals surface area contributed by atoms with E-state index >= 15 is 0 Å². The summed E-state index contributed by atoms with van der Waals surface area (Å²) in [7, 11) is 1.90. The highest BCUT2D eigenvalue weighted by Crippen LogP contribution is 2.35. The van der Waals surface area contributed by atoms with Gasteiger partial charge in [0.25, 0.3) is 0 Å². The van der Waals surface area contributed by atoms with Gasteiger partial charge in [-0.3, -0.25) is 0 Å². The van der Waals surface area contributed by atoms with Gasteiger partial charge in [-0.1, -0.05) is 6.92 Å². The van der Waals surface area contributed by atoms with E-state index in [9.17, 15) is 0 Å². The topological polar surface area (TPSA) is 61.2 Å². The summed E-state index contributed by atoms with van der Waals surface area (Å²) in [5, 5.41) is 11.3. The largest absolute Gasteiger partial charge is 0.491 e. The molecule has 1 unspecified atom stereocenters. The lowest BCUT2D eigenvalue weighted by atomic mass is 10.1. The summed E-state index contributed by atoms with van der Waals surface area (Å²) >= 11 is 0. The van der Waals surface area contributed by atoms with Crippen LogP contribution < -0.4 is 14.8 Å². The molecule has 0 spiro atoms. The second-order valence-corrected chi connectivity index (χ2v) is 5.16. The molecule has 0 fully saturated rings. The van der Waals surface area contributed by atoms with E-state index in [0.717, 1.165) is 30.3 Å². The second-order valence-electron chi connectivity index (χ2n) is 5.16. The predicted octanol–water partition coefficient (Wildman–Crippen LogP) is 1.83. The molecule has 21 heavy (non-hydrogen) atoms. The van der Waals surface area contributed by atoms with Gasteiger partial charge in [0.1, 0.15) is 31.0 Å². The van der Waals surface area contributed by atoms with Crippen LogP contribution in [0.4, 0.5) is 0 Å². The van der Waals surface area contributed by atoms with Crippen LogP contribution in [0.5, 0.6) is 11.5 Å². The summed E-state index contributed by atoms with van der Waals surface area (Å²) in [6.07, 6.45) is 2.78. The number of hydrogen-bond donors (Lipinski definition) is 1. The highest BCUT2D eigenvalue weighted by atomic mass is 16.5. The van der Waals surface area contributed by atoms with Crippen LogP contribution in [0, 0.1) is 0 Å². The molecule has 2 aromatic rings. The Kier molecular flexibility index (Phi) is 4.06. The number of benzene rings is 1. The van der Waals surface area contributed by atoms with E-state index in [2.05, 4.69) is 28.5 Å². The molecule has 6 heteroatoms. The van der Waals surface area contributed by atoms with E-state index in [1.807, 2.05) is 23.7 Å². The molecule has 1 aliphatic rings. The highest BCUT2D eigenvalue weighted by Gasteiger charge is 2.23. The van der Waals surface area contributed by atoms with Crippen molar-refractivity contribution in [2.45, 2.75) is 26.0 Å². The molecule has 0 amide bonds. The fraction of sp³-hybridized carbons (Fsp3) is 0.467. The summed E-state index contributed by atoms with van der Waals surface area (Å²) in [6, 6.07) is 6.28. The Morgan fingerprint density at radius 1 is 1.48 bits per heavy atom. The Morgan fingerprint density at radius 3 is 3.14 bits per heavy atom. The average Bonchev–Trinajstić information content (AvgIpc) is 3.09. The lowest BCUT2D eigenvalue weighted by Crippen LogP contribution is -2.22. The summed E-state index contributed by atoms with van der Waals surface area (Å²) in [5.41, 5.74) is 1.20. The molecule has 0 aliphatic carbocycles. The number of rotatable bonds is 6. The maximum absolute atomic E-state index is 5.75. The van der Waals surface area contributed by atoms with Crippen LogP contribution in [0.25, 0.3) is 0 Å². The molecule has 6 nitrogen and oxygen atoms in total. The van der Waals surface area contributed by atoms with Gasteiger partial charge in [-0.05, 0) is 25.1 Å². The fourth-order valence-corrected chi connectivity index (χ4v) is 2.35. The third kappa shape index (κ3) is 3.00. The van der Waals surface area contributed by atoms with Gasteiger partial charge in [-0.15, -0.1) is 10.2 Å². The minimum atomic E-state index is 0.285. The average molecular weight is 288 g/mol. The lowest BCUT2D eigenvalue weighted by Gasteiger charge is -2.11. The molecule has 1 aliphatic heterocycles. The molecule has 0 saturated heterocycles. The Morgan fingerprint density at radius 2 is 2.38 bits per heavy atom. The van der Waals surface area contributed by atoms with Gasteiger partial charge < -0.3 is 19.4 Å². The van der Waals surface area contributed by atoms with Crippen LogP contribution in [-0.2, 0) is 13.7 Å². The van der Waals surface area contributed by atoms with Crippen LogP contribution in [0.3, 0.4) is 0 Å². The predicted molar refractivity (Wildman–Crippen MR) is 78.3 cm³/mol. The van der Waals surface area contributed by atoms with Crippen LogP contribution in [0.2, 0.25) is 0 Å². The smallest absolute Gasteiger partial charge is 0.170 e. The first kappa shape index (κ1) is 13.9. The number of aromatic nitrogens is 3. The van der Waals surface area contributed by atoms with E-state index < -0.39 is 0 Å². The van der Waals surface area contributed by atoms with Crippen LogP contribution in [0.15, 0.2) is 24.5 Å². The van der Waals surface area contributed by atoms with Crippen molar-refractivity contribution in [3.63, 3.8) is 0 Å². The number of aryl methyl sites for hydroxylation is 1. The Labute approximate surface area is 124 Å². The van der Waals surface area contributed by atoms with E-state index in [4.69, 9.17) is 9.47 Å². The molecule has 0 radical (unpaired) electrons. The molecule has 1 N–H and O–H groups in total. The third-order valence-corrected chi connectivity index (χ3v) is 3.58. The zero-order valence-electron chi connectivity index (χ0n) is 12.4. The first-order valence-electron chi connectivity index (χ1n) is 7.23. The van der Waals surface area contributed by atoms with Crippen molar-refractivity contribution < 1.29 is 9.47 Å². The first-order chi connectivity index (χ1) is 10.3. The molecule has 3 rings (SSSR count). The molecule has 0 saturated carbocycles. The van der Waals surface area contributed by atoms with Crippen molar-refractivity contribution in [3.05, 3.63) is 35.9 Å². The fourth-order valence-electron chi connectivity index (χ4n) is 2.35. The van der Waals surface area contributed by atoms with Crippen LogP contribution >= 0.6 is 0 Å². The lowest BCUT2D eigenvalue weighted by molar-refractivity contribution is 0.286. The standard InChI is InChI=1S/C15H20N4O2/c1-3-6-16-13-8-21-14-7-11(4-5-12(13)14)20-9-15-18-17-10-19(15)2/h4-5,7,10,13,16H,3,6,8-9H2,1-2H3. The zero-order chi connectivity index (χ0) is 14.7. The van der Waals surface area contributed by atoms with Gasteiger partial charge in [0, 0.05) is 18.7 Å². The summed E-state index contributed by atoms with van der Waals surface area (Å²) in [4.78, 5) is 0. The van der Waals surface area contributed by atoms with Crippen molar-refractivity contribution in [1.29, 1.82) is 0 Å². The second kappa shape index (κ2) is 6.13. The van der Waals surface area contributed by atoms with Crippen molar-refractivity contribution in [3.8, 4) is 11.5 Å². The van der Waals surface area contributed by atoms with Crippen molar-refractivity contribution in [2.24, 2.45) is 7.05 Å². The molecule has 1 aromatic carbocycles. The monoisotopic (exact) mass is 288 g/mol. The van der Waals surface area contributed by atoms with Crippen LogP contribution in [-0.4, -0.2) is 27.9 Å². The zero-order valence-corrected chi connectivity index (χ0v) is 12.4. The number of hydrogen-bond acceptors (Lipinski definition) is 5. The normalized spacial score (nSPS) is 16.6. The number of nitrogens with one attached hydrogen (secondary N) is 1. The van der Waals surface area contributed by atoms with Crippen molar-refractivity contribution in [1.82, 2.24) is 20.1 Å². The maximum Gasteiger partial charge on any atom is 0.170 e. The Bertz CT molecular complexity index is 611. The van der Waals surface area contributed by atoms with Crippen LogP contribution in [0.1, 0.15) is 30.8 Å². The summed E-state index contributed by atoms with van der Waals surface area (Å²) in [5.74, 6) is 2.48. The number of fused-ring (bicyclic) bond motifs is 1. The van der Waals surface area contributed by atoms with Gasteiger partial charge >= 0.3 is 0 Å². The van der Waals surface area contributed by atoms with Gasteiger partial charge in [0.05, 0.1) is 6.04 Å². The minimum Gasteiger partial charge on any atom is -0.491 e. The molecular weight excluding hydrogens is 268 g/mol. The SMILES string of the molecule is CCCNC1COc2cc(OCc3nncn3C)ccc21. The van der Waals surface area contributed by atoms with Gasteiger partial charge in [0.2, 0.25) is 0 Å². The molecule has 112 valence electrons. The maximum atomic E-state index is 5.75. The summed E-state index contributed by atoms with van der Waals surface area (Å²) < 4.78 is 13.3. The Balaban J connectivity index is 1.65. The van der Waals surface area contributed by atoms with E-state index in [0.29, 0.717) is 13.2 Å². The Hall–Kier alpha value is -2.08. The quantitative estimate of drug-likeness (QED) is 0.878. The van der Waals surface area contributed by atoms with E-state index in [1.165, 1.54) is 5.56 Å². The molecule has 0 bridgehead atoms. The van der Waals surface area contributed by atoms with Gasteiger partial charge in [0.15, 0.2) is 5.82 Å². The minimum absolute atomic E-state index is 0.285. The van der Waals surface area contributed by atoms with Gasteiger partial charge in [-0.25, -0.2) is 0 Å². The van der Waals surface area contributed by atoms with Crippen molar-refractivity contribution in [2.75, 3.05) is 13.2 Å². The summed E-state index contributed by atoms with van der Waals surface area (Å²) in [6.45, 7) is 4.24. The third-order valence-electron chi connectivity index (χ3n) is 3.58.